The third-order valence-corrected chi connectivity index (χ3v) is 5.12. The number of pyridine rings is 1. The summed E-state index contributed by atoms with van der Waals surface area (Å²) in [5.74, 6) is -0.525. The van der Waals surface area contributed by atoms with Gasteiger partial charge in [-0.2, -0.15) is 5.10 Å². The van der Waals surface area contributed by atoms with Crippen LogP contribution in [-0.2, 0) is 11.3 Å². The fourth-order valence-corrected chi connectivity index (χ4v) is 3.45. The first-order chi connectivity index (χ1) is 13.9. The Bertz CT molecular complexity index is 1220. The van der Waals surface area contributed by atoms with Crippen LogP contribution >= 0.6 is 11.6 Å². The van der Waals surface area contributed by atoms with E-state index < -0.39 is 0 Å². The average Bonchev–Trinajstić information content (AvgIpc) is 3.01. The first-order valence-electron chi connectivity index (χ1n) is 9.06. The van der Waals surface area contributed by atoms with Gasteiger partial charge in [-0.05, 0) is 60.9 Å². The molecule has 0 fully saturated rings. The maximum atomic E-state index is 13.3. The molecular weight excluding hydrogens is 391 g/mol. The van der Waals surface area contributed by atoms with Gasteiger partial charge in [0.25, 0.3) is 0 Å². The standard InChI is InChI=1S/C22H18ClFN4O/c1-13-3-8-17(11-19(13)23)26-20(29)12-28-22-21(14(2)27-28)18(9-10-25-22)15-4-6-16(24)7-5-15/h3-11H,12H2,1-2H3,(H,26,29). The molecule has 0 bridgehead atoms. The summed E-state index contributed by atoms with van der Waals surface area (Å²) < 4.78 is 14.9. The van der Waals surface area contributed by atoms with E-state index >= 15 is 0 Å². The van der Waals surface area contributed by atoms with Crippen LogP contribution in [0, 0.1) is 19.7 Å². The van der Waals surface area contributed by atoms with Gasteiger partial charge in [-0.25, -0.2) is 14.1 Å². The van der Waals surface area contributed by atoms with Crippen molar-refractivity contribution in [1.82, 2.24) is 14.8 Å². The van der Waals surface area contributed by atoms with E-state index in [-0.39, 0.29) is 18.3 Å². The number of anilines is 1. The van der Waals surface area contributed by atoms with E-state index in [0.29, 0.717) is 16.4 Å². The fourth-order valence-electron chi connectivity index (χ4n) is 3.27. The second-order valence-electron chi connectivity index (χ2n) is 6.82. The minimum absolute atomic E-state index is 0.00963. The van der Waals surface area contributed by atoms with Gasteiger partial charge in [0.2, 0.25) is 5.91 Å². The Morgan fingerprint density at radius 1 is 1.14 bits per heavy atom. The Kier molecular flexibility index (Phi) is 5.03. The number of fused-ring (bicyclic) bond motifs is 1. The number of benzene rings is 2. The molecule has 4 aromatic rings. The van der Waals surface area contributed by atoms with E-state index in [9.17, 15) is 9.18 Å². The first kappa shape index (κ1) is 19.1. The van der Waals surface area contributed by atoms with Gasteiger partial charge < -0.3 is 5.32 Å². The predicted octanol–water partition coefficient (Wildman–Crippen LogP) is 5.15. The highest BCUT2D eigenvalue weighted by molar-refractivity contribution is 6.31. The molecule has 4 rings (SSSR count). The van der Waals surface area contributed by atoms with Crippen LogP contribution in [0.15, 0.2) is 54.7 Å². The SMILES string of the molecule is Cc1ccc(NC(=O)Cn2nc(C)c3c(-c4ccc(F)cc4)ccnc32)cc1Cl. The summed E-state index contributed by atoms with van der Waals surface area (Å²) in [6.45, 7) is 3.78. The van der Waals surface area contributed by atoms with Gasteiger partial charge in [-0.1, -0.05) is 29.8 Å². The highest BCUT2D eigenvalue weighted by Crippen LogP contribution is 2.30. The smallest absolute Gasteiger partial charge is 0.246 e. The van der Waals surface area contributed by atoms with E-state index in [0.717, 1.165) is 27.8 Å². The van der Waals surface area contributed by atoms with Crippen molar-refractivity contribution in [2.24, 2.45) is 0 Å². The molecule has 0 saturated carbocycles. The lowest BCUT2D eigenvalue weighted by molar-refractivity contribution is -0.116. The quantitative estimate of drug-likeness (QED) is 0.508. The number of aryl methyl sites for hydroxylation is 2. The molecule has 29 heavy (non-hydrogen) atoms. The van der Waals surface area contributed by atoms with Crippen LogP contribution in [0.1, 0.15) is 11.3 Å². The minimum atomic E-state index is -0.292. The molecule has 0 aliphatic carbocycles. The Balaban J connectivity index is 1.64. The largest absolute Gasteiger partial charge is 0.324 e. The summed E-state index contributed by atoms with van der Waals surface area (Å²) in [6.07, 6.45) is 1.66. The van der Waals surface area contributed by atoms with Gasteiger partial charge in [0.1, 0.15) is 12.4 Å². The molecule has 0 unspecified atom stereocenters. The molecule has 0 spiro atoms. The van der Waals surface area contributed by atoms with E-state index in [2.05, 4.69) is 15.4 Å². The van der Waals surface area contributed by atoms with Crippen LogP contribution in [0.3, 0.4) is 0 Å². The van der Waals surface area contributed by atoms with E-state index in [4.69, 9.17) is 11.6 Å². The number of halogens is 2. The number of amides is 1. The van der Waals surface area contributed by atoms with Crippen molar-refractivity contribution >= 4 is 34.2 Å². The third-order valence-electron chi connectivity index (χ3n) is 4.71. The summed E-state index contributed by atoms with van der Waals surface area (Å²) in [7, 11) is 0. The zero-order chi connectivity index (χ0) is 20.5. The number of carbonyl (C=O) groups excluding carboxylic acids is 1. The molecule has 0 radical (unpaired) electrons. The van der Waals surface area contributed by atoms with Crippen LogP contribution in [-0.4, -0.2) is 20.7 Å². The number of nitrogens with one attached hydrogen (secondary N) is 1. The highest BCUT2D eigenvalue weighted by Gasteiger charge is 2.16. The van der Waals surface area contributed by atoms with Crippen LogP contribution in [0.25, 0.3) is 22.2 Å². The lowest BCUT2D eigenvalue weighted by Gasteiger charge is -2.08. The average molecular weight is 409 g/mol. The molecule has 2 aromatic heterocycles. The molecule has 2 heterocycles. The lowest BCUT2D eigenvalue weighted by atomic mass is 10.0. The van der Waals surface area contributed by atoms with Gasteiger partial charge in [-0.3, -0.25) is 4.79 Å². The number of hydrogen-bond acceptors (Lipinski definition) is 3. The summed E-state index contributed by atoms with van der Waals surface area (Å²) in [4.78, 5) is 17.0. The monoisotopic (exact) mass is 408 g/mol. The van der Waals surface area contributed by atoms with Crippen LogP contribution in [0.4, 0.5) is 10.1 Å². The van der Waals surface area contributed by atoms with E-state index in [1.807, 2.05) is 26.0 Å². The van der Waals surface area contributed by atoms with Crippen molar-refractivity contribution in [2.75, 3.05) is 5.32 Å². The molecule has 0 aliphatic rings. The Morgan fingerprint density at radius 3 is 2.62 bits per heavy atom. The first-order valence-corrected chi connectivity index (χ1v) is 9.44. The zero-order valence-corrected chi connectivity index (χ0v) is 16.7. The molecule has 0 saturated heterocycles. The number of hydrogen-bond donors (Lipinski definition) is 1. The molecule has 1 N–H and O–H groups in total. The molecular formula is C22H18ClFN4O. The maximum Gasteiger partial charge on any atom is 0.246 e. The number of rotatable bonds is 4. The number of aromatic nitrogens is 3. The molecule has 146 valence electrons. The molecule has 0 aliphatic heterocycles. The van der Waals surface area contributed by atoms with Gasteiger partial charge in [0.05, 0.1) is 5.69 Å². The molecule has 1 amide bonds. The van der Waals surface area contributed by atoms with Crippen molar-refractivity contribution in [3.63, 3.8) is 0 Å². The molecule has 5 nitrogen and oxygen atoms in total. The predicted molar refractivity (Wildman–Crippen MR) is 112 cm³/mol. The zero-order valence-electron chi connectivity index (χ0n) is 15.9. The minimum Gasteiger partial charge on any atom is -0.324 e. The lowest BCUT2D eigenvalue weighted by Crippen LogP contribution is -2.19. The molecule has 0 atom stereocenters. The highest BCUT2D eigenvalue weighted by atomic mass is 35.5. The van der Waals surface area contributed by atoms with Gasteiger partial charge >= 0.3 is 0 Å². The van der Waals surface area contributed by atoms with Gasteiger partial charge in [0, 0.05) is 22.3 Å². The van der Waals surface area contributed by atoms with Crippen molar-refractivity contribution in [3.05, 3.63) is 76.8 Å². The van der Waals surface area contributed by atoms with Crippen molar-refractivity contribution in [1.29, 1.82) is 0 Å². The topological polar surface area (TPSA) is 59.8 Å². The third kappa shape index (κ3) is 3.84. The number of nitrogens with zero attached hydrogens (tertiary/aromatic N) is 3. The normalized spacial score (nSPS) is 11.0. The molecule has 2 aromatic carbocycles. The Hall–Kier alpha value is -3.25. The van der Waals surface area contributed by atoms with E-state index in [1.54, 1.807) is 35.1 Å². The van der Waals surface area contributed by atoms with Crippen molar-refractivity contribution < 1.29 is 9.18 Å². The van der Waals surface area contributed by atoms with Crippen molar-refractivity contribution in [3.8, 4) is 11.1 Å². The Morgan fingerprint density at radius 2 is 1.90 bits per heavy atom. The summed E-state index contributed by atoms with van der Waals surface area (Å²) >= 11 is 6.12. The summed E-state index contributed by atoms with van der Waals surface area (Å²) in [5, 5.41) is 8.76. The van der Waals surface area contributed by atoms with E-state index in [1.165, 1.54) is 12.1 Å². The van der Waals surface area contributed by atoms with Crippen LogP contribution < -0.4 is 5.32 Å². The maximum absolute atomic E-state index is 13.3. The van der Waals surface area contributed by atoms with Crippen molar-refractivity contribution in [2.45, 2.75) is 20.4 Å². The summed E-state index contributed by atoms with van der Waals surface area (Å²) in [5.41, 5.74) is 4.67. The fraction of sp³-hybridized carbons (Fsp3) is 0.136. The summed E-state index contributed by atoms with van der Waals surface area (Å²) in [6, 6.07) is 13.5. The Labute approximate surface area is 172 Å². The van der Waals surface area contributed by atoms with Gasteiger partial charge in [0.15, 0.2) is 5.65 Å². The number of carbonyl (C=O) groups is 1. The van der Waals surface area contributed by atoms with Crippen LogP contribution in [0.2, 0.25) is 5.02 Å². The molecule has 7 heteroatoms. The second kappa shape index (κ2) is 7.64. The second-order valence-corrected chi connectivity index (χ2v) is 7.23. The van der Waals surface area contributed by atoms with Crippen LogP contribution in [0.5, 0.6) is 0 Å². The van der Waals surface area contributed by atoms with Gasteiger partial charge in [-0.15, -0.1) is 0 Å².